The second kappa shape index (κ2) is 2.28. The molecule has 8 heavy (non-hydrogen) atoms. The second-order valence-electron chi connectivity index (χ2n) is 2.17. The molecule has 1 fully saturated rings. The molecule has 0 aromatic carbocycles. The van der Waals surface area contributed by atoms with Crippen molar-refractivity contribution < 1.29 is 4.74 Å². The fourth-order valence-electron chi connectivity index (χ4n) is 0.957. The molecule has 1 saturated carbocycles. The Morgan fingerprint density at radius 2 is 2.12 bits per heavy atom. The van der Waals surface area contributed by atoms with E-state index in [0.29, 0.717) is 0 Å². The van der Waals surface area contributed by atoms with Crippen LogP contribution < -0.4 is 0 Å². The van der Waals surface area contributed by atoms with Crippen LogP contribution in [0.1, 0.15) is 19.3 Å². The van der Waals surface area contributed by atoms with Crippen molar-refractivity contribution >= 4 is 11.8 Å². The van der Waals surface area contributed by atoms with Gasteiger partial charge in [0.25, 0.3) is 0 Å². The lowest BCUT2D eigenvalue weighted by Gasteiger charge is -2.38. The van der Waals surface area contributed by atoms with Crippen molar-refractivity contribution in [2.75, 3.05) is 13.4 Å². The first-order valence-electron chi connectivity index (χ1n) is 2.93. The molecule has 0 aromatic rings. The predicted octanol–water partition coefficient (Wildman–Crippen LogP) is 1.88. The Hall–Kier alpha value is 0.310. The number of thioether (sulfide) groups is 1. The summed E-state index contributed by atoms with van der Waals surface area (Å²) in [6, 6.07) is 0. The molecular weight excluding hydrogens is 120 g/mol. The zero-order valence-electron chi connectivity index (χ0n) is 5.44. The molecule has 0 aliphatic heterocycles. The zero-order chi connectivity index (χ0) is 6.04. The van der Waals surface area contributed by atoms with Crippen molar-refractivity contribution in [1.82, 2.24) is 0 Å². The van der Waals surface area contributed by atoms with Crippen LogP contribution in [0.15, 0.2) is 0 Å². The highest BCUT2D eigenvalue weighted by Crippen LogP contribution is 2.42. The molecule has 0 saturated heterocycles. The summed E-state index contributed by atoms with van der Waals surface area (Å²) in [6.45, 7) is 0. The van der Waals surface area contributed by atoms with Gasteiger partial charge in [0.15, 0.2) is 0 Å². The van der Waals surface area contributed by atoms with Crippen LogP contribution in [0.25, 0.3) is 0 Å². The van der Waals surface area contributed by atoms with Crippen LogP contribution in [-0.4, -0.2) is 18.3 Å². The Morgan fingerprint density at radius 1 is 1.50 bits per heavy atom. The van der Waals surface area contributed by atoms with Gasteiger partial charge < -0.3 is 4.74 Å². The molecule has 0 unspecified atom stereocenters. The minimum Gasteiger partial charge on any atom is -0.368 e. The van der Waals surface area contributed by atoms with Crippen molar-refractivity contribution in [3.8, 4) is 0 Å². The molecule has 0 heterocycles. The minimum absolute atomic E-state index is 0.222. The summed E-state index contributed by atoms with van der Waals surface area (Å²) in [5.74, 6) is 0. The molecule has 0 bridgehead atoms. The summed E-state index contributed by atoms with van der Waals surface area (Å²) in [6.07, 6.45) is 5.94. The zero-order valence-corrected chi connectivity index (χ0v) is 6.25. The maximum atomic E-state index is 5.29. The van der Waals surface area contributed by atoms with Crippen LogP contribution in [0.5, 0.6) is 0 Å². The normalized spacial score (nSPS) is 24.8. The van der Waals surface area contributed by atoms with Crippen molar-refractivity contribution in [3.05, 3.63) is 0 Å². The third kappa shape index (κ3) is 0.869. The summed E-state index contributed by atoms with van der Waals surface area (Å²) in [4.78, 5) is 0.222. The lowest BCUT2D eigenvalue weighted by Crippen LogP contribution is -2.34. The third-order valence-corrected chi connectivity index (χ3v) is 3.18. The van der Waals surface area contributed by atoms with Gasteiger partial charge in [-0.1, -0.05) is 0 Å². The number of rotatable bonds is 2. The van der Waals surface area contributed by atoms with E-state index in [0.717, 1.165) is 0 Å². The van der Waals surface area contributed by atoms with E-state index < -0.39 is 0 Å². The molecule has 48 valence electrons. The van der Waals surface area contributed by atoms with E-state index in [4.69, 9.17) is 4.74 Å². The molecule has 0 aromatic heterocycles. The van der Waals surface area contributed by atoms with Crippen LogP contribution >= 0.6 is 11.8 Å². The number of ether oxygens (including phenoxy) is 1. The molecule has 0 spiro atoms. The van der Waals surface area contributed by atoms with Crippen LogP contribution in [0.4, 0.5) is 0 Å². The van der Waals surface area contributed by atoms with Crippen molar-refractivity contribution in [2.45, 2.75) is 24.2 Å². The fraction of sp³-hybridized carbons (Fsp3) is 1.00. The van der Waals surface area contributed by atoms with E-state index in [1.54, 1.807) is 7.11 Å². The topological polar surface area (TPSA) is 9.23 Å². The third-order valence-electron chi connectivity index (χ3n) is 1.86. The average Bonchev–Trinajstić information content (AvgIpc) is 1.67. The highest BCUT2D eigenvalue weighted by molar-refractivity contribution is 7.99. The largest absolute Gasteiger partial charge is 0.368 e. The van der Waals surface area contributed by atoms with Crippen LogP contribution in [0, 0.1) is 0 Å². The van der Waals surface area contributed by atoms with Crippen LogP contribution in [0.3, 0.4) is 0 Å². The number of hydrogen-bond donors (Lipinski definition) is 0. The van der Waals surface area contributed by atoms with E-state index in [1.807, 2.05) is 11.8 Å². The van der Waals surface area contributed by atoms with Gasteiger partial charge >= 0.3 is 0 Å². The Bertz CT molecular complexity index is 65.1. The van der Waals surface area contributed by atoms with Crippen LogP contribution in [0.2, 0.25) is 0 Å². The Labute approximate surface area is 54.8 Å². The van der Waals surface area contributed by atoms with Gasteiger partial charge in [-0.15, -0.1) is 11.8 Å². The summed E-state index contributed by atoms with van der Waals surface area (Å²) in [7, 11) is 1.80. The van der Waals surface area contributed by atoms with Gasteiger partial charge in [-0.2, -0.15) is 0 Å². The van der Waals surface area contributed by atoms with E-state index >= 15 is 0 Å². The molecule has 1 rings (SSSR count). The Morgan fingerprint density at radius 3 is 2.12 bits per heavy atom. The molecule has 0 amide bonds. The number of methoxy groups -OCH3 is 1. The summed E-state index contributed by atoms with van der Waals surface area (Å²) >= 11 is 1.84. The Kier molecular flexibility index (Phi) is 1.83. The lowest BCUT2D eigenvalue weighted by atomic mass is 9.95. The molecule has 2 heteroatoms. The summed E-state index contributed by atoms with van der Waals surface area (Å²) in [5.41, 5.74) is 0. The quantitative estimate of drug-likeness (QED) is 0.530. The lowest BCUT2D eigenvalue weighted by molar-refractivity contribution is 0.00910. The molecule has 1 aliphatic rings. The van der Waals surface area contributed by atoms with Gasteiger partial charge in [0, 0.05) is 7.11 Å². The SMILES string of the molecule is COC1(SC)CCC1. The summed E-state index contributed by atoms with van der Waals surface area (Å²) < 4.78 is 5.29. The first-order valence-corrected chi connectivity index (χ1v) is 4.16. The van der Waals surface area contributed by atoms with Gasteiger partial charge in [0.05, 0.1) is 0 Å². The molecular formula is C6H12OS. The average molecular weight is 132 g/mol. The smallest absolute Gasteiger partial charge is 0.113 e. The highest BCUT2D eigenvalue weighted by atomic mass is 32.2. The van der Waals surface area contributed by atoms with E-state index in [-0.39, 0.29) is 4.93 Å². The molecule has 0 N–H and O–H groups in total. The standard InChI is InChI=1S/C6H12OS/c1-7-6(8-2)4-3-5-6/h3-5H2,1-2H3. The van der Waals surface area contributed by atoms with E-state index in [1.165, 1.54) is 19.3 Å². The number of hydrogen-bond acceptors (Lipinski definition) is 2. The van der Waals surface area contributed by atoms with Gasteiger partial charge in [-0.05, 0) is 25.5 Å². The van der Waals surface area contributed by atoms with Crippen LogP contribution in [-0.2, 0) is 4.74 Å². The highest BCUT2D eigenvalue weighted by Gasteiger charge is 2.35. The summed E-state index contributed by atoms with van der Waals surface area (Å²) in [5, 5.41) is 0. The molecule has 0 radical (unpaired) electrons. The van der Waals surface area contributed by atoms with Crippen molar-refractivity contribution in [2.24, 2.45) is 0 Å². The maximum absolute atomic E-state index is 5.29. The maximum Gasteiger partial charge on any atom is 0.113 e. The molecule has 1 nitrogen and oxygen atoms in total. The monoisotopic (exact) mass is 132 g/mol. The predicted molar refractivity (Wildman–Crippen MR) is 37.1 cm³/mol. The minimum atomic E-state index is 0.222. The van der Waals surface area contributed by atoms with Crippen molar-refractivity contribution in [3.63, 3.8) is 0 Å². The van der Waals surface area contributed by atoms with Gasteiger partial charge in [0.2, 0.25) is 0 Å². The first-order chi connectivity index (χ1) is 3.83. The molecule has 0 atom stereocenters. The second-order valence-corrected chi connectivity index (χ2v) is 3.32. The van der Waals surface area contributed by atoms with E-state index in [9.17, 15) is 0 Å². The molecule has 1 aliphatic carbocycles. The Balaban J connectivity index is 2.33. The van der Waals surface area contributed by atoms with Crippen molar-refractivity contribution in [1.29, 1.82) is 0 Å². The van der Waals surface area contributed by atoms with Gasteiger partial charge in [-0.3, -0.25) is 0 Å². The fourth-order valence-corrected chi connectivity index (χ4v) is 1.82. The van der Waals surface area contributed by atoms with Gasteiger partial charge in [-0.25, -0.2) is 0 Å². The van der Waals surface area contributed by atoms with Gasteiger partial charge in [0.1, 0.15) is 4.93 Å². The van der Waals surface area contributed by atoms with E-state index in [2.05, 4.69) is 6.26 Å². The first kappa shape index (κ1) is 6.43.